The molecule has 0 aromatic carbocycles. The molecule has 17 heavy (non-hydrogen) atoms. The molecule has 1 rings (SSSR count). The van der Waals surface area contributed by atoms with Crippen molar-refractivity contribution in [2.24, 2.45) is 17.8 Å². The summed E-state index contributed by atoms with van der Waals surface area (Å²) < 4.78 is 0. The number of hydrogen-bond acceptors (Lipinski definition) is 1. The summed E-state index contributed by atoms with van der Waals surface area (Å²) >= 11 is 0. The van der Waals surface area contributed by atoms with Crippen molar-refractivity contribution in [3.05, 3.63) is 0 Å². The minimum Gasteiger partial charge on any atom is -0.311 e. The Balaban J connectivity index is 2.22. The lowest BCUT2D eigenvalue weighted by Crippen LogP contribution is -2.44. The van der Waals surface area contributed by atoms with E-state index >= 15 is 0 Å². The van der Waals surface area contributed by atoms with Gasteiger partial charge in [0.1, 0.15) is 0 Å². The summed E-state index contributed by atoms with van der Waals surface area (Å²) in [5, 5.41) is 3.87. The highest BCUT2D eigenvalue weighted by atomic mass is 15.0. The van der Waals surface area contributed by atoms with Crippen molar-refractivity contribution < 1.29 is 0 Å². The first-order valence-corrected chi connectivity index (χ1v) is 7.76. The smallest absolute Gasteiger partial charge is 0.00977 e. The fourth-order valence-corrected chi connectivity index (χ4v) is 3.10. The molecule has 4 unspecified atom stereocenters. The van der Waals surface area contributed by atoms with E-state index in [-0.39, 0.29) is 0 Å². The molecule has 0 bridgehead atoms. The maximum atomic E-state index is 3.87. The molecule has 1 aliphatic rings. The second-order valence-electron chi connectivity index (χ2n) is 6.77. The van der Waals surface area contributed by atoms with Gasteiger partial charge < -0.3 is 5.32 Å². The highest BCUT2D eigenvalue weighted by Gasteiger charge is 2.27. The van der Waals surface area contributed by atoms with Gasteiger partial charge in [0.15, 0.2) is 0 Å². The molecule has 0 aromatic rings. The fraction of sp³-hybridized carbons (Fsp3) is 1.00. The summed E-state index contributed by atoms with van der Waals surface area (Å²) in [5.74, 6) is 2.62. The van der Waals surface area contributed by atoms with Gasteiger partial charge in [-0.25, -0.2) is 0 Å². The lowest BCUT2D eigenvalue weighted by molar-refractivity contribution is 0.193. The Morgan fingerprint density at radius 3 is 2.41 bits per heavy atom. The maximum Gasteiger partial charge on any atom is 0.00977 e. The van der Waals surface area contributed by atoms with Crippen LogP contribution < -0.4 is 5.32 Å². The summed E-state index contributed by atoms with van der Waals surface area (Å²) in [6, 6.07) is 1.47. The number of nitrogens with one attached hydrogen (secondary N) is 1. The zero-order chi connectivity index (χ0) is 12.8. The van der Waals surface area contributed by atoms with E-state index in [4.69, 9.17) is 0 Å². The minimum absolute atomic E-state index is 0.700. The van der Waals surface area contributed by atoms with Crippen LogP contribution in [0.25, 0.3) is 0 Å². The van der Waals surface area contributed by atoms with Crippen molar-refractivity contribution in [3.8, 4) is 0 Å². The predicted molar refractivity (Wildman–Crippen MR) is 77.3 cm³/mol. The van der Waals surface area contributed by atoms with Crippen LogP contribution in [0.15, 0.2) is 0 Å². The summed E-state index contributed by atoms with van der Waals surface area (Å²) in [6.45, 7) is 11.9. The fourth-order valence-electron chi connectivity index (χ4n) is 3.10. The van der Waals surface area contributed by atoms with Crippen LogP contribution in [0.1, 0.15) is 73.1 Å². The summed E-state index contributed by atoms with van der Waals surface area (Å²) in [5.41, 5.74) is 0. The van der Waals surface area contributed by atoms with Gasteiger partial charge in [0.25, 0.3) is 0 Å². The Labute approximate surface area is 109 Å². The van der Waals surface area contributed by atoms with Crippen molar-refractivity contribution >= 4 is 0 Å². The molecule has 1 saturated carbocycles. The third-order valence-electron chi connectivity index (χ3n) is 4.62. The average molecular weight is 239 g/mol. The van der Waals surface area contributed by atoms with Gasteiger partial charge >= 0.3 is 0 Å². The number of rotatable bonds is 6. The van der Waals surface area contributed by atoms with Gasteiger partial charge in [-0.1, -0.05) is 53.4 Å². The van der Waals surface area contributed by atoms with E-state index < -0.39 is 0 Å². The molecule has 0 heterocycles. The van der Waals surface area contributed by atoms with Crippen LogP contribution >= 0.6 is 0 Å². The zero-order valence-electron chi connectivity index (χ0n) is 12.6. The normalized spacial score (nSPS) is 31.8. The Bertz CT molecular complexity index is 200. The van der Waals surface area contributed by atoms with Crippen LogP contribution in [0.4, 0.5) is 0 Å². The standard InChI is InChI=1S/C16H33N/c1-12(2)8-6-10-14(4)17-16-11-7-9-13(3)15(16)5/h12-17H,6-11H2,1-5H3. The van der Waals surface area contributed by atoms with Crippen molar-refractivity contribution in [3.63, 3.8) is 0 Å². The Hall–Kier alpha value is -0.0400. The van der Waals surface area contributed by atoms with E-state index in [9.17, 15) is 0 Å². The molecular weight excluding hydrogens is 206 g/mol. The molecule has 0 spiro atoms. The highest BCUT2D eigenvalue weighted by Crippen LogP contribution is 2.29. The Morgan fingerprint density at radius 2 is 1.76 bits per heavy atom. The Morgan fingerprint density at radius 1 is 1.06 bits per heavy atom. The lowest BCUT2D eigenvalue weighted by atomic mass is 9.78. The van der Waals surface area contributed by atoms with E-state index in [1.807, 2.05) is 0 Å². The molecule has 0 radical (unpaired) electrons. The van der Waals surface area contributed by atoms with E-state index in [1.54, 1.807) is 0 Å². The van der Waals surface area contributed by atoms with Crippen LogP contribution in [-0.2, 0) is 0 Å². The molecule has 1 heteroatoms. The molecule has 102 valence electrons. The maximum absolute atomic E-state index is 3.87. The third-order valence-corrected chi connectivity index (χ3v) is 4.62. The molecule has 1 fully saturated rings. The zero-order valence-corrected chi connectivity index (χ0v) is 12.6. The first-order valence-electron chi connectivity index (χ1n) is 7.76. The molecule has 0 aliphatic heterocycles. The van der Waals surface area contributed by atoms with Gasteiger partial charge in [-0.2, -0.15) is 0 Å². The molecule has 0 saturated heterocycles. The van der Waals surface area contributed by atoms with Crippen LogP contribution in [-0.4, -0.2) is 12.1 Å². The van der Waals surface area contributed by atoms with Crippen LogP contribution in [0.3, 0.4) is 0 Å². The van der Waals surface area contributed by atoms with E-state index in [2.05, 4.69) is 39.9 Å². The largest absolute Gasteiger partial charge is 0.311 e. The van der Waals surface area contributed by atoms with Gasteiger partial charge in [0.05, 0.1) is 0 Å². The van der Waals surface area contributed by atoms with E-state index in [0.29, 0.717) is 6.04 Å². The van der Waals surface area contributed by atoms with E-state index in [0.717, 1.165) is 23.8 Å². The second kappa shape index (κ2) is 7.41. The lowest BCUT2D eigenvalue weighted by Gasteiger charge is -2.36. The average Bonchev–Trinajstić information content (AvgIpc) is 2.24. The van der Waals surface area contributed by atoms with Crippen LogP contribution in [0.2, 0.25) is 0 Å². The number of hydrogen-bond donors (Lipinski definition) is 1. The van der Waals surface area contributed by atoms with E-state index in [1.165, 1.54) is 38.5 Å². The molecule has 1 aliphatic carbocycles. The molecule has 0 aromatic heterocycles. The van der Waals surface area contributed by atoms with Crippen molar-refractivity contribution in [1.29, 1.82) is 0 Å². The van der Waals surface area contributed by atoms with Crippen LogP contribution in [0, 0.1) is 17.8 Å². The third kappa shape index (κ3) is 5.42. The van der Waals surface area contributed by atoms with Gasteiger partial charge in [-0.3, -0.25) is 0 Å². The van der Waals surface area contributed by atoms with Crippen molar-refractivity contribution in [2.45, 2.75) is 85.2 Å². The minimum atomic E-state index is 0.700. The highest BCUT2D eigenvalue weighted by molar-refractivity contribution is 4.83. The predicted octanol–water partition coefficient (Wildman–Crippen LogP) is 4.62. The SMILES string of the molecule is CC(C)CCCC(C)NC1CCCC(C)C1C. The van der Waals surface area contributed by atoms with Gasteiger partial charge in [0, 0.05) is 12.1 Å². The van der Waals surface area contributed by atoms with Crippen LogP contribution in [0.5, 0.6) is 0 Å². The first-order chi connectivity index (χ1) is 8.00. The second-order valence-corrected chi connectivity index (χ2v) is 6.77. The monoisotopic (exact) mass is 239 g/mol. The summed E-state index contributed by atoms with van der Waals surface area (Å²) in [4.78, 5) is 0. The molecule has 1 nitrogen and oxygen atoms in total. The van der Waals surface area contributed by atoms with Gasteiger partial charge in [-0.05, 0) is 37.5 Å². The molecular formula is C16H33N. The van der Waals surface area contributed by atoms with Crippen molar-refractivity contribution in [1.82, 2.24) is 5.32 Å². The quantitative estimate of drug-likeness (QED) is 0.713. The summed E-state index contributed by atoms with van der Waals surface area (Å²) in [7, 11) is 0. The first kappa shape index (κ1) is 15.0. The molecule has 0 amide bonds. The van der Waals surface area contributed by atoms with Gasteiger partial charge in [-0.15, -0.1) is 0 Å². The molecule has 1 N–H and O–H groups in total. The van der Waals surface area contributed by atoms with Gasteiger partial charge in [0.2, 0.25) is 0 Å². The van der Waals surface area contributed by atoms with Crippen molar-refractivity contribution in [2.75, 3.05) is 0 Å². The molecule has 4 atom stereocenters. The topological polar surface area (TPSA) is 12.0 Å². The summed E-state index contributed by atoms with van der Waals surface area (Å²) in [6.07, 6.45) is 8.34. The Kier molecular flexibility index (Phi) is 6.54.